The normalized spacial score (nSPS) is 14.4. The van der Waals surface area contributed by atoms with Gasteiger partial charge in [-0.15, -0.1) is 11.8 Å². The molecule has 1 aliphatic heterocycles. The van der Waals surface area contributed by atoms with E-state index < -0.39 is 0 Å². The average molecular weight is 299 g/mol. The van der Waals surface area contributed by atoms with Crippen LogP contribution in [0.25, 0.3) is 0 Å². The lowest BCUT2D eigenvalue weighted by Gasteiger charge is -2.20. The predicted octanol–water partition coefficient (Wildman–Crippen LogP) is 4.91. The second kappa shape index (κ2) is 6.44. The molecule has 0 spiro atoms. The summed E-state index contributed by atoms with van der Waals surface area (Å²) in [5, 5.41) is 3.66. The zero-order valence-electron chi connectivity index (χ0n) is 12.6. The average Bonchev–Trinajstić information content (AvgIpc) is 3.00. The molecule has 3 rings (SSSR count). The van der Waals surface area contributed by atoms with Crippen molar-refractivity contribution in [1.29, 1.82) is 0 Å². The molecule has 110 valence electrons. The molecule has 0 bridgehead atoms. The van der Waals surface area contributed by atoms with Gasteiger partial charge in [0.1, 0.15) is 5.75 Å². The predicted molar refractivity (Wildman–Crippen MR) is 90.5 cm³/mol. The third-order valence-corrected chi connectivity index (χ3v) is 4.66. The van der Waals surface area contributed by atoms with Gasteiger partial charge in [-0.3, -0.25) is 0 Å². The summed E-state index contributed by atoms with van der Waals surface area (Å²) < 4.78 is 5.59. The fourth-order valence-corrected chi connectivity index (χ4v) is 3.22. The minimum absolute atomic E-state index is 0.341. The fourth-order valence-electron chi connectivity index (χ4n) is 2.76. The summed E-state index contributed by atoms with van der Waals surface area (Å²) >= 11 is 1.77. The molecule has 0 aromatic heterocycles. The maximum Gasteiger partial charge on any atom is 0.122 e. The first-order chi connectivity index (χ1) is 10.3. The van der Waals surface area contributed by atoms with Crippen LogP contribution in [0.3, 0.4) is 0 Å². The van der Waals surface area contributed by atoms with Crippen molar-refractivity contribution in [3.63, 3.8) is 0 Å². The van der Waals surface area contributed by atoms with Crippen molar-refractivity contribution in [1.82, 2.24) is 0 Å². The van der Waals surface area contributed by atoms with Crippen molar-refractivity contribution < 1.29 is 4.74 Å². The standard InChI is InChI=1S/C18H21NOS/c1-3-17(19-15-5-4-6-16(12-15)21-2)13-7-8-18-14(11-13)9-10-20-18/h4-8,11-12,17,19H,3,9-10H2,1-2H3. The van der Waals surface area contributed by atoms with Gasteiger partial charge in [0.25, 0.3) is 0 Å². The second-order valence-corrected chi connectivity index (χ2v) is 6.18. The molecule has 2 aromatic carbocycles. The molecule has 1 heterocycles. The summed E-state index contributed by atoms with van der Waals surface area (Å²) in [7, 11) is 0. The van der Waals surface area contributed by atoms with E-state index in [1.807, 2.05) is 0 Å². The molecule has 0 fully saturated rings. The van der Waals surface area contributed by atoms with Crippen molar-refractivity contribution in [3.05, 3.63) is 53.6 Å². The van der Waals surface area contributed by atoms with E-state index in [9.17, 15) is 0 Å². The van der Waals surface area contributed by atoms with Crippen LogP contribution in [0.5, 0.6) is 5.75 Å². The maximum absolute atomic E-state index is 5.59. The lowest BCUT2D eigenvalue weighted by molar-refractivity contribution is 0.357. The van der Waals surface area contributed by atoms with Crippen molar-refractivity contribution >= 4 is 17.4 Å². The summed E-state index contributed by atoms with van der Waals surface area (Å²) in [6.45, 7) is 3.04. The van der Waals surface area contributed by atoms with Gasteiger partial charge < -0.3 is 10.1 Å². The third-order valence-electron chi connectivity index (χ3n) is 3.93. The summed E-state index contributed by atoms with van der Waals surface area (Å²) in [4.78, 5) is 1.29. The fraction of sp³-hybridized carbons (Fsp3) is 0.333. The molecule has 0 saturated carbocycles. The molecule has 0 radical (unpaired) electrons. The second-order valence-electron chi connectivity index (χ2n) is 5.30. The van der Waals surface area contributed by atoms with Crippen molar-refractivity contribution in [3.8, 4) is 5.75 Å². The van der Waals surface area contributed by atoms with Crippen LogP contribution in [-0.2, 0) is 6.42 Å². The minimum Gasteiger partial charge on any atom is -0.493 e. The van der Waals surface area contributed by atoms with Crippen LogP contribution in [0, 0.1) is 0 Å². The Morgan fingerprint density at radius 1 is 1.24 bits per heavy atom. The monoisotopic (exact) mass is 299 g/mol. The van der Waals surface area contributed by atoms with Crippen LogP contribution in [0.15, 0.2) is 47.4 Å². The number of hydrogen-bond acceptors (Lipinski definition) is 3. The smallest absolute Gasteiger partial charge is 0.122 e. The minimum atomic E-state index is 0.341. The maximum atomic E-state index is 5.59. The highest BCUT2D eigenvalue weighted by molar-refractivity contribution is 7.98. The Kier molecular flexibility index (Phi) is 4.39. The van der Waals surface area contributed by atoms with Gasteiger partial charge in [0, 0.05) is 17.0 Å². The van der Waals surface area contributed by atoms with Crippen LogP contribution >= 0.6 is 11.8 Å². The van der Waals surface area contributed by atoms with Gasteiger partial charge in [0.2, 0.25) is 0 Å². The Hall–Kier alpha value is -1.61. The summed E-state index contributed by atoms with van der Waals surface area (Å²) in [6, 6.07) is 15.5. The lowest BCUT2D eigenvalue weighted by atomic mass is 10.0. The first-order valence-corrected chi connectivity index (χ1v) is 8.69. The number of thioether (sulfide) groups is 1. The summed E-state index contributed by atoms with van der Waals surface area (Å²) in [5.74, 6) is 1.05. The highest BCUT2D eigenvalue weighted by Crippen LogP contribution is 2.31. The van der Waals surface area contributed by atoms with E-state index in [0.29, 0.717) is 6.04 Å². The molecular formula is C18H21NOS. The molecular weight excluding hydrogens is 278 g/mol. The zero-order valence-corrected chi connectivity index (χ0v) is 13.4. The van der Waals surface area contributed by atoms with Crippen molar-refractivity contribution in [2.24, 2.45) is 0 Å². The molecule has 1 unspecified atom stereocenters. The third kappa shape index (κ3) is 3.18. The number of fused-ring (bicyclic) bond motifs is 1. The number of ether oxygens (including phenoxy) is 1. The SMILES string of the molecule is CCC(Nc1cccc(SC)c1)c1ccc2c(c1)CCO2. The van der Waals surface area contributed by atoms with E-state index in [4.69, 9.17) is 4.74 Å². The van der Waals surface area contributed by atoms with E-state index in [0.717, 1.165) is 25.2 Å². The molecule has 1 N–H and O–H groups in total. The van der Waals surface area contributed by atoms with E-state index in [1.165, 1.54) is 21.7 Å². The molecule has 3 heteroatoms. The highest BCUT2D eigenvalue weighted by Gasteiger charge is 2.16. The first-order valence-electron chi connectivity index (χ1n) is 7.46. The van der Waals surface area contributed by atoms with E-state index >= 15 is 0 Å². The van der Waals surface area contributed by atoms with Gasteiger partial charge in [-0.25, -0.2) is 0 Å². The summed E-state index contributed by atoms with van der Waals surface area (Å²) in [6.07, 6.45) is 4.20. The van der Waals surface area contributed by atoms with E-state index in [2.05, 4.69) is 61.0 Å². The van der Waals surface area contributed by atoms with Crippen LogP contribution < -0.4 is 10.1 Å². The highest BCUT2D eigenvalue weighted by atomic mass is 32.2. The van der Waals surface area contributed by atoms with Crippen LogP contribution in [0.2, 0.25) is 0 Å². The largest absolute Gasteiger partial charge is 0.493 e. The Balaban J connectivity index is 1.81. The molecule has 1 atom stereocenters. The van der Waals surface area contributed by atoms with Crippen molar-refractivity contribution in [2.75, 3.05) is 18.2 Å². The summed E-state index contributed by atoms with van der Waals surface area (Å²) in [5.41, 5.74) is 3.87. The van der Waals surface area contributed by atoms with Crippen LogP contribution in [0.1, 0.15) is 30.5 Å². The van der Waals surface area contributed by atoms with Gasteiger partial charge in [0.05, 0.1) is 12.6 Å². The molecule has 0 amide bonds. The number of anilines is 1. The van der Waals surface area contributed by atoms with E-state index in [1.54, 1.807) is 11.8 Å². The number of nitrogens with one attached hydrogen (secondary N) is 1. The first kappa shape index (κ1) is 14.3. The molecule has 2 aromatic rings. The molecule has 1 aliphatic rings. The van der Waals surface area contributed by atoms with Crippen molar-refractivity contribution in [2.45, 2.75) is 30.7 Å². The molecule has 0 aliphatic carbocycles. The topological polar surface area (TPSA) is 21.3 Å². The van der Waals surface area contributed by atoms with Gasteiger partial charge in [0.15, 0.2) is 0 Å². The van der Waals surface area contributed by atoms with Crippen LogP contribution in [-0.4, -0.2) is 12.9 Å². The number of hydrogen-bond donors (Lipinski definition) is 1. The Morgan fingerprint density at radius 2 is 2.14 bits per heavy atom. The van der Waals surface area contributed by atoms with Gasteiger partial charge in [-0.2, -0.15) is 0 Å². The Labute approximate surface area is 130 Å². The Morgan fingerprint density at radius 3 is 2.95 bits per heavy atom. The molecule has 21 heavy (non-hydrogen) atoms. The van der Waals surface area contributed by atoms with E-state index in [-0.39, 0.29) is 0 Å². The lowest BCUT2D eigenvalue weighted by Crippen LogP contribution is -2.09. The molecule has 0 saturated heterocycles. The van der Waals surface area contributed by atoms with Crippen LogP contribution in [0.4, 0.5) is 5.69 Å². The quantitative estimate of drug-likeness (QED) is 0.793. The number of rotatable bonds is 5. The number of benzene rings is 2. The Bertz CT molecular complexity index is 626. The molecule has 2 nitrogen and oxygen atoms in total. The van der Waals surface area contributed by atoms with Gasteiger partial charge in [-0.1, -0.05) is 19.1 Å². The van der Waals surface area contributed by atoms with Gasteiger partial charge in [-0.05, 0) is 54.1 Å². The van der Waals surface area contributed by atoms with Gasteiger partial charge >= 0.3 is 0 Å². The zero-order chi connectivity index (χ0) is 14.7.